The van der Waals surface area contributed by atoms with Gasteiger partial charge in [0, 0.05) is 29.8 Å². The largest absolute Gasteiger partial charge is 0.494 e. The molecule has 9 nitrogen and oxygen atoms in total. The summed E-state index contributed by atoms with van der Waals surface area (Å²) in [6.45, 7) is 11.2. The molecule has 0 saturated carbocycles. The summed E-state index contributed by atoms with van der Waals surface area (Å²) in [5, 5.41) is 9.00. The fourth-order valence-electron chi connectivity index (χ4n) is 4.26. The molecule has 0 fully saturated rings. The molecule has 2 rings (SSSR count). The van der Waals surface area contributed by atoms with Gasteiger partial charge in [-0.3, -0.25) is 9.59 Å². The summed E-state index contributed by atoms with van der Waals surface area (Å²) in [5.74, 6) is 0.798. The average molecular weight is 612 g/mol. The van der Waals surface area contributed by atoms with Crippen LogP contribution in [0.15, 0.2) is 60.7 Å². The highest BCUT2D eigenvalue weighted by molar-refractivity contribution is 6.09. The summed E-state index contributed by atoms with van der Waals surface area (Å²) in [7, 11) is 0. The lowest BCUT2D eigenvalue weighted by molar-refractivity contribution is -0.144. The maximum atomic E-state index is 12.9. The Morgan fingerprint density at radius 2 is 1.18 bits per heavy atom. The van der Waals surface area contributed by atoms with Gasteiger partial charge in [-0.25, -0.2) is 4.79 Å². The van der Waals surface area contributed by atoms with Crippen LogP contribution < -0.4 is 9.47 Å². The normalized spacial score (nSPS) is 10.8. The first-order chi connectivity index (χ1) is 21.3. The van der Waals surface area contributed by atoms with Gasteiger partial charge in [0.25, 0.3) is 0 Å². The van der Waals surface area contributed by atoms with E-state index in [0.29, 0.717) is 68.4 Å². The number of likely N-dealkylation sites (N-methyl/N-ethyl adjacent to an activating group) is 1. The fraction of sp³-hybridized carbons (Fsp3) is 0.514. The molecule has 2 aromatic carbocycles. The Hall–Kier alpha value is -3.69. The Morgan fingerprint density at radius 3 is 1.66 bits per heavy atom. The van der Waals surface area contributed by atoms with Gasteiger partial charge < -0.3 is 29.0 Å². The number of hydrogen-bond acceptors (Lipinski definition) is 9. The van der Waals surface area contributed by atoms with E-state index in [-0.39, 0.29) is 24.3 Å². The Kier molecular flexibility index (Phi) is 18.2. The number of aliphatic hydroxyl groups is 1. The molecule has 2 aromatic rings. The Bertz CT molecular complexity index is 1130. The van der Waals surface area contributed by atoms with E-state index >= 15 is 0 Å². The highest BCUT2D eigenvalue weighted by atomic mass is 16.5. The molecule has 0 unspecified atom stereocenters. The van der Waals surface area contributed by atoms with Crippen molar-refractivity contribution in [2.75, 3.05) is 52.7 Å². The Morgan fingerprint density at radius 1 is 0.705 bits per heavy atom. The molecule has 1 N–H and O–H groups in total. The molecule has 0 aliphatic rings. The number of carbonyl (C=O) groups excluding carboxylic acids is 3. The predicted octanol–water partition coefficient (Wildman–Crippen LogP) is 5.77. The molecule has 0 spiro atoms. The highest BCUT2D eigenvalue weighted by Crippen LogP contribution is 2.19. The standard InChI is InChI=1S/C35H49NO8/c1-4-36(22-23-37)21-20-33(38)43-26-9-6-5-8-24-41-31-16-12-29(13-17-31)34(39)30-14-18-32(19-15-30)42-25-10-7-11-27-44-35(40)28(2)3/h12-19,37H,2,4-11,20-27H2,1,3H3. The molecular weight excluding hydrogens is 562 g/mol. The van der Waals surface area contributed by atoms with Gasteiger partial charge in [0.05, 0.1) is 39.5 Å². The van der Waals surface area contributed by atoms with Crippen molar-refractivity contribution in [1.29, 1.82) is 0 Å². The number of ether oxygens (including phenoxy) is 4. The minimum atomic E-state index is -0.358. The van der Waals surface area contributed by atoms with Crippen molar-refractivity contribution < 1.29 is 38.4 Å². The van der Waals surface area contributed by atoms with Crippen LogP contribution >= 0.6 is 0 Å². The van der Waals surface area contributed by atoms with Gasteiger partial charge in [-0.1, -0.05) is 13.5 Å². The molecular formula is C35H49NO8. The first-order valence-corrected chi connectivity index (χ1v) is 15.7. The number of aliphatic hydroxyl groups excluding tert-OH is 1. The SMILES string of the molecule is C=C(C)C(=O)OCCCCCOc1ccc(C(=O)c2ccc(OCCCCCCOC(=O)CCN(CC)CCO)cc2)cc1. The van der Waals surface area contributed by atoms with Crippen molar-refractivity contribution >= 4 is 17.7 Å². The Labute approximate surface area is 262 Å². The number of nitrogens with zero attached hydrogens (tertiary/aromatic N) is 1. The van der Waals surface area contributed by atoms with E-state index in [4.69, 9.17) is 24.1 Å². The quantitative estimate of drug-likeness (QED) is 0.0684. The average Bonchev–Trinajstić information content (AvgIpc) is 3.03. The molecule has 0 saturated heterocycles. The molecule has 0 heterocycles. The molecule has 0 aliphatic carbocycles. The van der Waals surface area contributed by atoms with Crippen LogP contribution in [0.3, 0.4) is 0 Å². The number of benzene rings is 2. The third kappa shape index (κ3) is 15.2. The van der Waals surface area contributed by atoms with E-state index in [0.717, 1.165) is 57.2 Å². The molecule has 0 aliphatic heterocycles. The molecule has 9 heteroatoms. The smallest absolute Gasteiger partial charge is 0.333 e. The third-order valence-corrected chi connectivity index (χ3v) is 6.94. The van der Waals surface area contributed by atoms with Crippen LogP contribution in [0.4, 0.5) is 0 Å². The molecule has 0 bridgehead atoms. The topological polar surface area (TPSA) is 112 Å². The lowest BCUT2D eigenvalue weighted by atomic mass is 10.0. The van der Waals surface area contributed by atoms with Crippen LogP contribution in [-0.2, 0) is 19.1 Å². The zero-order valence-corrected chi connectivity index (χ0v) is 26.4. The van der Waals surface area contributed by atoms with Crippen LogP contribution in [0.1, 0.15) is 81.1 Å². The van der Waals surface area contributed by atoms with Gasteiger partial charge >= 0.3 is 11.9 Å². The fourth-order valence-corrected chi connectivity index (χ4v) is 4.26. The first-order valence-electron chi connectivity index (χ1n) is 15.7. The summed E-state index contributed by atoms with van der Waals surface area (Å²) < 4.78 is 21.9. The second-order valence-corrected chi connectivity index (χ2v) is 10.6. The minimum absolute atomic E-state index is 0.0686. The molecule has 0 aromatic heterocycles. The predicted molar refractivity (Wildman–Crippen MR) is 170 cm³/mol. The van der Waals surface area contributed by atoms with E-state index in [1.807, 2.05) is 24.0 Å². The molecule has 0 radical (unpaired) electrons. The van der Waals surface area contributed by atoms with E-state index in [9.17, 15) is 14.4 Å². The third-order valence-electron chi connectivity index (χ3n) is 6.94. The van der Waals surface area contributed by atoms with Crippen molar-refractivity contribution in [3.8, 4) is 11.5 Å². The molecule has 242 valence electrons. The zero-order chi connectivity index (χ0) is 32.0. The maximum absolute atomic E-state index is 12.9. The zero-order valence-electron chi connectivity index (χ0n) is 26.4. The summed E-state index contributed by atoms with van der Waals surface area (Å²) in [5.41, 5.74) is 1.57. The van der Waals surface area contributed by atoms with Gasteiger partial charge in [-0.2, -0.15) is 0 Å². The number of ketones is 1. The lowest BCUT2D eigenvalue weighted by Gasteiger charge is -2.18. The van der Waals surface area contributed by atoms with Crippen LogP contribution in [-0.4, -0.2) is 80.4 Å². The van der Waals surface area contributed by atoms with E-state index in [2.05, 4.69) is 6.58 Å². The van der Waals surface area contributed by atoms with Crippen molar-refractivity contribution in [2.45, 2.75) is 65.2 Å². The van der Waals surface area contributed by atoms with Gasteiger partial charge in [0.2, 0.25) is 0 Å². The second-order valence-electron chi connectivity index (χ2n) is 10.6. The monoisotopic (exact) mass is 611 g/mol. The molecule has 0 atom stereocenters. The summed E-state index contributed by atoms with van der Waals surface area (Å²) in [4.78, 5) is 38.1. The summed E-state index contributed by atoms with van der Waals surface area (Å²) >= 11 is 0. The van der Waals surface area contributed by atoms with Crippen molar-refractivity contribution in [3.63, 3.8) is 0 Å². The molecule has 0 amide bonds. The minimum Gasteiger partial charge on any atom is -0.494 e. The maximum Gasteiger partial charge on any atom is 0.333 e. The first kappa shape index (κ1) is 36.5. The van der Waals surface area contributed by atoms with Gasteiger partial charge in [-0.05, 0) is 107 Å². The Balaban J connectivity index is 1.56. The van der Waals surface area contributed by atoms with Crippen LogP contribution in [0, 0.1) is 0 Å². The number of carbonyl (C=O) groups is 3. The van der Waals surface area contributed by atoms with Gasteiger partial charge in [0.15, 0.2) is 5.78 Å². The number of unbranched alkanes of at least 4 members (excludes halogenated alkanes) is 5. The number of rotatable bonds is 24. The van der Waals surface area contributed by atoms with Crippen molar-refractivity contribution in [2.24, 2.45) is 0 Å². The van der Waals surface area contributed by atoms with Crippen molar-refractivity contribution in [1.82, 2.24) is 4.90 Å². The van der Waals surface area contributed by atoms with E-state index < -0.39 is 0 Å². The summed E-state index contributed by atoms with van der Waals surface area (Å²) in [6.07, 6.45) is 6.46. The van der Waals surface area contributed by atoms with Crippen LogP contribution in [0.5, 0.6) is 11.5 Å². The van der Waals surface area contributed by atoms with Gasteiger partial charge in [0.1, 0.15) is 11.5 Å². The van der Waals surface area contributed by atoms with E-state index in [1.165, 1.54) is 0 Å². The van der Waals surface area contributed by atoms with Crippen LogP contribution in [0.2, 0.25) is 0 Å². The highest BCUT2D eigenvalue weighted by Gasteiger charge is 2.10. The second kappa shape index (κ2) is 21.9. The van der Waals surface area contributed by atoms with Crippen LogP contribution in [0.25, 0.3) is 0 Å². The lowest BCUT2D eigenvalue weighted by Crippen LogP contribution is -2.29. The molecule has 44 heavy (non-hydrogen) atoms. The van der Waals surface area contributed by atoms with E-state index in [1.54, 1.807) is 43.3 Å². The summed E-state index contributed by atoms with van der Waals surface area (Å²) in [6, 6.07) is 14.3. The van der Waals surface area contributed by atoms with Gasteiger partial charge in [-0.15, -0.1) is 0 Å². The number of esters is 2. The van der Waals surface area contributed by atoms with Crippen molar-refractivity contribution in [3.05, 3.63) is 71.8 Å². The number of hydrogen-bond donors (Lipinski definition) is 1.